The number of ether oxygens (including phenoxy) is 1. The Morgan fingerprint density at radius 3 is 2.56 bits per heavy atom. The second-order valence-electron chi connectivity index (χ2n) is 10.6. The molecule has 2 fully saturated rings. The molecule has 0 bridgehead atoms. The van der Waals surface area contributed by atoms with Gasteiger partial charge in [0.15, 0.2) is 0 Å². The molecule has 180 valence electrons. The number of fused-ring (bicyclic) bond motifs is 1. The third kappa shape index (κ3) is 4.21. The van der Waals surface area contributed by atoms with Gasteiger partial charge in [-0.25, -0.2) is 19.2 Å². The van der Waals surface area contributed by atoms with Crippen molar-refractivity contribution in [2.75, 3.05) is 18.0 Å². The van der Waals surface area contributed by atoms with Crippen molar-refractivity contribution in [3.63, 3.8) is 0 Å². The van der Waals surface area contributed by atoms with Crippen molar-refractivity contribution < 1.29 is 13.9 Å². The number of carbonyl (C=O) groups excluding carboxylic acids is 1. The zero-order valence-corrected chi connectivity index (χ0v) is 20.5. The highest BCUT2D eigenvalue weighted by atomic mass is 19.1. The smallest absolute Gasteiger partial charge is 0.410 e. The highest BCUT2D eigenvalue weighted by molar-refractivity contribution is 5.93. The van der Waals surface area contributed by atoms with E-state index in [-0.39, 0.29) is 24.0 Å². The second-order valence-corrected chi connectivity index (χ2v) is 10.6. The fraction of sp³-hybridized carbons (Fsp3) is 0.500. The van der Waals surface area contributed by atoms with Gasteiger partial charge in [-0.3, -0.25) is 0 Å². The number of hydrogen-bond donors (Lipinski definition) is 0. The van der Waals surface area contributed by atoms with Crippen LogP contribution >= 0.6 is 0 Å². The lowest BCUT2D eigenvalue weighted by Gasteiger charge is -2.44. The van der Waals surface area contributed by atoms with Gasteiger partial charge in [-0.05, 0) is 77.1 Å². The summed E-state index contributed by atoms with van der Waals surface area (Å²) in [6.07, 6.45) is 5.67. The first-order chi connectivity index (χ1) is 16.1. The van der Waals surface area contributed by atoms with E-state index in [4.69, 9.17) is 9.72 Å². The van der Waals surface area contributed by atoms with Gasteiger partial charge in [0.1, 0.15) is 29.2 Å². The summed E-state index contributed by atoms with van der Waals surface area (Å²) < 4.78 is 21.6. The van der Waals surface area contributed by atoms with Crippen LogP contribution in [0.25, 0.3) is 16.7 Å². The predicted octanol–water partition coefficient (Wildman–Crippen LogP) is 5.27. The number of anilines is 1. The zero-order chi connectivity index (χ0) is 24.2. The Morgan fingerprint density at radius 1 is 1.12 bits per heavy atom. The molecule has 7 nitrogen and oxygen atoms in total. The molecule has 1 aliphatic carbocycles. The zero-order valence-electron chi connectivity index (χ0n) is 20.5. The van der Waals surface area contributed by atoms with E-state index in [0.29, 0.717) is 19.0 Å². The Kier molecular flexibility index (Phi) is 5.49. The number of nitrogens with zero attached hydrogens (tertiary/aromatic N) is 5. The Labute approximate surface area is 199 Å². The number of hydrogen-bond acceptors (Lipinski definition) is 5. The van der Waals surface area contributed by atoms with Gasteiger partial charge in [0.05, 0.1) is 5.39 Å². The van der Waals surface area contributed by atoms with Gasteiger partial charge >= 0.3 is 6.09 Å². The minimum Gasteiger partial charge on any atom is -0.444 e. The maximum absolute atomic E-state index is 14.0. The fourth-order valence-electron chi connectivity index (χ4n) is 4.81. The molecule has 1 saturated carbocycles. The van der Waals surface area contributed by atoms with Crippen molar-refractivity contribution in [3.05, 3.63) is 48.2 Å². The number of aromatic nitrogens is 3. The van der Waals surface area contributed by atoms with E-state index in [2.05, 4.69) is 23.0 Å². The quantitative estimate of drug-likeness (QED) is 0.527. The maximum Gasteiger partial charge on any atom is 0.410 e. The lowest BCUT2D eigenvalue weighted by molar-refractivity contribution is 0.0130. The third-order valence-electron chi connectivity index (χ3n) is 6.58. The van der Waals surface area contributed by atoms with Gasteiger partial charge in [-0.15, -0.1) is 0 Å². The lowest BCUT2D eigenvalue weighted by Crippen LogP contribution is -2.59. The van der Waals surface area contributed by atoms with Crippen LogP contribution in [0.4, 0.5) is 15.0 Å². The summed E-state index contributed by atoms with van der Waals surface area (Å²) >= 11 is 0. The Balaban J connectivity index is 1.53. The molecule has 3 aromatic rings. The molecule has 5 rings (SSSR count). The molecule has 0 spiro atoms. The molecule has 1 aliphatic heterocycles. The van der Waals surface area contributed by atoms with E-state index in [0.717, 1.165) is 35.4 Å². The summed E-state index contributed by atoms with van der Waals surface area (Å²) in [7, 11) is 0. The van der Waals surface area contributed by atoms with Crippen LogP contribution in [0.2, 0.25) is 0 Å². The largest absolute Gasteiger partial charge is 0.444 e. The number of halogens is 1. The van der Waals surface area contributed by atoms with Crippen LogP contribution in [-0.4, -0.2) is 56.3 Å². The number of carbonyl (C=O) groups is 1. The first-order valence-electron chi connectivity index (χ1n) is 12.0. The van der Waals surface area contributed by atoms with Gasteiger partial charge in [0.2, 0.25) is 0 Å². The third-order valence-corrected chi connectivity index (χ3v) is 6.58. The summed E-state index contributed by atoms with van der Waals surface area (Å²) in [5.41, 5.74) is 2.21. The van der Waals surface area contributed by atoms with Crippen molar-refractivity contribution in [1.29, 1.82) is 0 Å². The van der Waals surface area contributed by atoms with Crippen LogP contribution in [0.1, 0.15) is 58.9 Å². The monoisotopic (exact) mass is 465 g/mol. The molecule has 1 aromatic carbocycles. The fourth-order valence-corrected chi connectivity index (χ4v) is 4.81. The molecular weight excluding hydrogens is 433 g/mol. The van der Waals surface area contributed by atoms with Crippen molar-refractivity contribution in [3.8, 4) is 5.69 Å². The Bertz CT molecular complexity index is 1230. The molecule has 8 heteroatoms. The van der Waals surface area contributed by atoms with E-state index < -0.39 is 5.60 Å². The van der Waals surface area contributed by atoms with E-state index in [1.807, 2.05) is 43.2 Å². The molecule has 0 unspecified atom stereocenters. The van der Waals surface area contributed by atoms with E-state index >= 15 is 0 Å². The van der Waals surface area contributed by atoms with E-state index in [9.17, 15) is 9.18 Å². The predicted molar refractivity (Wildman–Crippen MR) is 130 cm³/mol. The molecule has 34 heavy (non-hydrogen) atoms. The number of amides is 1. The van der Waals surface area contributed by atoms with Crippen LogP contribution in [0.5, 0.6) is 0 Å². The summed E-state index contributed by atoms with van der Waals surface area (Å²) in [6, 6.07) is 6.60. The SMILES string of the molecule is C[C@@H]1CN(c2ncnc3c2c(C2CC2)cn3-c2cccc(F)c2)[C@@H](C)CN1C(=O)OC(C)(C)C. The average Bonchev–Trinajstić information content (AvgIpc) is 3.53. The summed E-state index contributed by atoms with van der Waals surface area (Å²) in [4.78, 5) is 26.2. The van der Waals surface area contributed by atoms with Gasteiger partial charge < -0.3 is 19.1 Å². The van der Waals surface area contributed by atoms with Gasteiger partial charge in [0, 0.05) is 37.1 Å². The van der Waals surface area contributed by atoms with Gasteiger partial charge in [-0.1, -0.05) is 6.07 Å². The summed E-state index contributed by atoms with van der Waals surface area (Å²) in [6.45, 7) is 11.0. The first kappa shape index (κ1) is 22.6. The van der Waals surface area contributed by atoms with Gasteiger partial charge in [-0.2, -0.15) is 0 Å². The van der Waals surface area contributed by atoms with Crippen molar-refractivity contribution >= 4 is 22.9 Å². The molecule has 2 aromatic heterocycles. The number of benzene rings is 1. The number of piperazine rings is 1. The van der Waals surface area contributed by atoms with Gasteiger partial charge in [0.25, 0.3) is 0 Å². The standard InChI is InChI=1S/C26H32FN5O2/c1-16-13-31(25(33)34-26(3,4)5)17(2)12-30(16)23-22-21(18-9-10-18)14-32(24(22)29-15-28-23)20-8-6-7-19(27)11-20/h6-8,11,14-18H,9-10,12-13H2,1-5H3/t16-,17+/m0/s1. The normalized spacial score (nSPS) is 21.2. The van der Waals surface area contributed by atoms with Crippen LogP contribution in [0, 0.1) is 5.82 Å². The van der Waals surface area contributed by atoms with Crippen LogP contribution in [0.15, 0.2) is 36.8 Å². The minimum absolute atomic E-state index is 0.0363. The van der Waals surface area contributed by atoms with Crippen LogP contribution in [-0.2, 0) is 4.74 Å². The highest BCUT2D eigenvalue weighted by Gasteiger charge is 2.37. The highest BCUT2D eigenvalue weighted by Crippen LogP contribution is 2.46. The molecule has 0 N–H and O–H groups in total. The Hall–Kier alpha value is -3.16. The molecule has 2 atom stereocenters. The average molecular weight is 466 g/mol. The topological polar surface area (TPSA) is 63.5 Å². The van der Waals surface area contributed by atoms with E-state index in [1.165, 1.54) is 17.7 Å². The Morgan fingerprint density at radius 2 is 1.88 bits per heavy atom. The maximum atomic E-state index is 14.0. The second kappa shape index (κ2) is 8.25. The van der Waals surface area contributed by atoms with Crippen molar-refractivity contribution in [2.24, 2.45) is 0 Å². The lowest BCUT2D eigenvalue weighted by atomic mass is 10.1. The summed E-state index contributed by atoms with van der Waals surface area (Å²) in [5.74, 6) is 1.07. The summed E-state index contributed by atoms with van der Waals surface area (Å²) in [5, 5.41) is 1.03. The first-order valence-corrected chi connectivity index (χ1v) is 12.0. The van der Waals surface area contributed by atoms with Crippen molar-refractivity contribution in [1.82, 2.24) is 19.4 Å². The van der Waals surface area contributed by atoms with Crippen molar-refractivity contribution in [2.45, 2.75) is 71.1 Å². The van der Waals surface area contributed by atoms with Crippen LogP contribution < -0.4 is 4.90 Å². The molecule has 2 aliphatic rings. The number of rotatable bonds is 3. The van der Waals surface area contributed by atoms with Crippen LogP contribution in [0.3, 0.4) is 0 Å². The molecular formula is C26H32FN5O2. The molecule has 1 amide bonds. The van der Waals surface area contributed by atoms with E-state index in [1.54, 1.807) is 12.4 Å². The molecule has 1 saturated heterocycles. The molecule has 3 heterocycles. The minimum atomic E-state index is -0.533. The molecule has 0 radical (unpaired) electrons.